The van der Waals surface area contributed by atoms with Gasteiger partial charge in [-0.1, -0.05) is 0 Å². The number of rotatable bonds is 9. The van der Waals surface area contributed by atoms with E-state index in [1.807, 2.05) is 0 Å². The number of alkyl halides is 19. The molecule has 0 aliphatic heterocycles. The van der Waals surface area contributed by atoms with Crippen LogP contribution in [0.5, 0.6) is 0 Å². The van der Waals surface area contributed by atoms with E-state index in [0.29, 0.717) is 12.4 Å². The monoisotopic (exact) mass is 628 g/mol. The molecule has 206 valence electrons. The Morgan fingerprint density at radius 1 is 0.543 bits per heavy atom. The molecule has 0 atom stereocenters. The highest BCUT2D eigenvalue weighted by molar-refractivity contribution is 9.10. The largest absolute Gasteiger partial charge is 0.460 e. The van der Waals surface area contributed by atoms with Crippen LogP contribution in [-0.4, -0.2) is 63.3 Å². The normalized spacial score (nSPS) is 16.1. The third-order valence-electron chi connectivity index (χ3n) is 4.14. The predicted molar refractivity (Wildman–Crippen MR) is 75.6 cm³/mol. The molecule has 1 aromatic heterocycles. The van der Waals surface area contributed by atoms with Gasteiger partial charge in [0.1, 0.15) is 6.54 Å². The van der Waals surface area contributed by atoms with Gasteiger partial charge in [0.15, 0.2) is 0 Å². The molecule has 2 nitrogen and oxygen atoms in total. The number of hydrogen-bond donors (Lipinski definition) is 0. The van der Waals surface area contributed by atoms with E-state index in [1.165, 1.54) is 0 Å². The van der Waals surface area contributed by atoms with Gasteiger partial charge in [0.25, 0.3) is 0 Å². The lowest BCUT2D eigenvalue weighted by Crippen LogP contribution is -2.76. The van der Waals surface area contributed by atoms with Crippen LogP contribution in [0.1, 0.15) is 0 Å². The maximum Gasteiger partial charge on any atom is 0.460 e. The van der Waals surface area contributed by atoms with Crippen LogP contribution in [0.4, 0.5) is 83.4 Å². The fourth-order valence-electron chi connectivity index (χ4n) is 2.12. The number of aromatic nitrogens is 2. The Bertz CT molecular complexity index is 914. The average molecular weight is 629 g/mol. The van der Waals surface area contributed by atoms with Gasteiger partial charge in [0, 0.05) is 6.20 Å². The topological polar surface area (TPSA) is 17.8 Å². The molecule has 0 N–H and O–H groups in total. The summed E-state index contributed by atoms with van der Waals surface area (Å²) in [4.78, 5) is 0. The summed E-state index contributed by atoms with van der Waals surface area (Å²) in [6.07, 6.45) is -7.09. The maximum absolute atomic E-state index is 13.7. The molecule has 0 aromatic carbocycles. The summed E-state index contributed by atoms with van der Waals surface area (Å²) in [6.45, 7) is -2.86. The first-order valence-electron chi connectivity index (χ1n) is 7.74. The first-order valence-corrected chi connectivity index (χ1v) is 8.54. The summed E-state index contributed by atoms with van der Waals surface area (Å²) in [6, 6.07) is 0. The predicted octanol–water partition coefficient (Wildman–Crippen LogP) is 7.29. The Hall–Kier alpha value is -1.64. The van der Waals surface area contributed by atoms with Crippen LogP contribution in [0.2, 0.25) is 0 Å². The average Bonchev–Trinajstić information content (AvgIpc) is 3.03. The highest BCUT2D eigenvalue weighted by Gasteiger charge is 2.96. The Morgan fingerprint density at radius 3 is 1.14 bits per heavy atom. The van der Waals surface area contributed by atoms with Crippen molar-refractivity contribution < 1.29 is 83.4 Å². The lowest BCUT2D eigenvalue weighted by Gasteiger charge is -2.43. The van der Waals surface area contributed by atoms with E-state index in [4.69, 9.17) is 0 Å². The van der Waals surface area contributed by atoms with E-state index in [9.17, 15) is 83.4 Å². The number of nitrogens with zero attached hydrogens (tertiary/aromatic N) is 2. The highest BCUT2D eigenvalue weighted by Crippen LogP contribution is 2.65. The SMILES string of the molecule is FC(F)(F)C(F)(F)C(F)(F)C(F)(F)C(F)(F)C(F)(F)C(F)(F)C(F)(F)C(F)(F)Cn1cc(Br)cn1. The molecule has 0 fully saturated rings. The molecule has 0 saturated heterocycles. The van der Waals surface area contributed by atoms with Crippen LogP contribution in [0.25, 0.3) is 0 Å². The molecule has 0 aliphatic rings. The third kappa shape index (κ3) is 4.19. The molecule has 0 aliphatic carbocycles. The number of halogens is 20. The van der Waals surface area contributed by atoms with Crippen molar-refractivity contribution in [2.75, 3.05) is 0 Å². The van der Waals surface area contributed by atoms with Crippen LogP contribution in [0.3, 0.4) is 0 Å². The van der Waals surface area contributed by atoms with Crippen LogP contribution < -0.4 is 0 Å². The Labute approximate surface area is 187 Å². The molecule has 35 heavy (non-hydrogen) atoms. The van der Waals surface area contributed by atoms with E-state index >= 15 is 0 Å². The summed E-state index contributed by atoms with van der Waals surface area (Å²) in [5.41, 5.74) is 0. The first kappa shape index (κ1) is 31.4. The summed E-state index contributed by atoms with van der Waals surface area (Å²) in [7, 11) is 0. The molecule has 0 saturated carbocycles. The molecular weight excluding hydrogens is 625 g/mol. The summed E-state index contributed by atoms with van der Waals surface area (Å²) >= 11 is 2.48. The quantitative estimate of drug-likeness (QED) is 0.263. The fraction of sp³-hybridized carbons (Fsp3) is 0.769. The van der Waals surface area contributed by atoms with Gasteiger partial charge in [0.2, 0.25) is 0 Å². The molecule has 0 unspecified atom stereocenters. The van der Waals surface area contributed by atoms with E-state index in [-0.39, 0.29) is 4.47 Å². The van der Waals surface area contributed by atoms with E-state index in [0.717, 1.165) is 0 Å². The molecule has 0 spiro atoms. The minimum absolute atomic E-state index is 0.294. The zero-order chi connectivity index (χ0) is 28.5. The highest BCUT2D eigenvalue weighted by atomic mass is 79.9. The van der Waals surface area contributed by atoms with Crippen molar-refractivity contribution in [3.8, 4) is 0 Å². The van der Waals surface area contributed by atoms with Crippen molar-refractivity contribution in [3.05, 3.63) is 16.9 Å². The molecular formula is C13H4BrF19N2. The van der Waals surface area contributed by atoms with Gasteiger partial charge in [-0.3, -0.25) is 4.68 Å². The zero-order valence-corrected chi connectivity index (χ0v) is 16.9. The second-order valence-electron chi connectivity index (χ2n) is 6.58. The fourth-order valence-corrected chi connectivity index (χ4v) is 2.45. The van der Waals surface area contributed by atoms with E-state index in [1.54, 1.807) is 0 Å². The molecule has 0 amide bonds. The molecule has 0 radical (unpaired) electrons. The zero-order valence-electron chi connectivity index (χ0n) is 15.3. The van der Waals surface area contributed by atoms with Crippen LogP contribution in [0.15, 0.2) is 16.9 Å². The van der Waals surface area contributed by atoms with Gasteiger partial charge in [-0.25, -0.2) is 0 Å². The second kappa shape index (κ2) is 8.18. The van der Waals surface area contributed by atoms with Gasteiger partial charge >= 0.3 is 53.6 Å². The van der Waals surface area contributed by atoms with Gasteiger partial charge < -0.3 is 0 Å². The Kier molecular flexibility index (Phi) is 7.34. The maximum atomic E-state index is 13.7. The van der Waals surface area contributed by atoms with Gasteiger partial charge in [0.05, 0.1) is 10.7 Å². The summed E-state index contributed by atoms with van der Waals surface area (Å²) in [5, 5.41) is 2.80. The van der Waals surface area contributed by atoms with Crippen molar-refractivity contribution in [2.24, 2.45) is 0 Å². The molecule has 1 aromatic rings. The van der Waals surface area contributed by atoms with E-state index < -0.39 is 64.8 Å². The van der Waals surface area contributed by atoms with Crippen molar-refractivity contribution in [1.82, 2.24) is 9.78 Å². The molecule has 1 rings (SSSR count). The lowest BCUT2D eigenvalue weighted by atomic mass is 9.87. The standard InChI is InChI=1S/C13H4BrF19N2/c14-4-1-34-35(2-4)3-5(15,16)6(17,18)7(19,20)8(21,22)9(23,24)10(25,26)11(27,28)12(29,30)13(31,32)33/h1-2H,3H2. The first-order chi connectivity index (χ1) is 15.0. The van der Waals surface area contributed by atoms with Crippen molar-refractivity contribution in [3.63, 3.8) is 0 Å². The summed E-state index contributed by atoms with van der Waals surface area (Å²) < 4.78 is 249. The summed E-state index contributed by atoms with van der Waals surface area (Å²) in [5.74, 6) is -66.6. The minimum Gasteiger partial charge on any atom is -0.265 e. The van der Waals surface area contributed by atoms with Crippen molar-refractivity contribution in [1.29, 1.82) is 0 Å². The Balaban J connectivity index is 3.65. The van der Waals surface area contributed by atoms with Crippen molar-refractivity contribution in [2.45, 2.75) is 60.1 Å². The van der Waals surface area contributed by atoms with Gasteiger partial charge in [-0.05, 0) is 15.9 Å². The van der Waals surface area contributed by atoms with Crippen molar-refractivity contribution >= 4 is 15.9 Å². The molecule has 1 heterocycles. The second-order valence-corrected chi connectivity index (χ2v) is 7.49. The smallest absolute Gasteiger partial charge is 0.265 e. The van der Waals surface area contributed by atoms with Crippen LogP contribution >= 0.6 is 15.9 Å². The van der Waals surface area contributed by atoms with Gasteiger partial charge in [-0.15, -0.1) is 0 Å². The third-order valence-corrected chi connectivity index (χ3v) is 4.55. The molecule has 0 bridgehead atoms. The Morgan fingerprint density at radius 2 is 0.857 bits per heavy atom. The van der Waals surface area contributed by atoms with E-state index in [2.05, 4.69) is 21.0 Å². The minimum atomic E-state index is -8.92. The van der Waals surface area contributed by atoms with Crippen LogP contribution in [0, 0.1) is 0 Å². The number of hydrogen-bond acceptors (Lipinski definition) is 1. The lowest BCUT2D eigenvalue weighted by molar-refractivity contribution is -0.469. The van der Waals surface area contributed by atoms with Gasteiger partial charge in [-0.2, -0.15) is 88.5 Å². The van der Waals surface area contributed by atoms with Crippen LogP contribution in [-0.2, 0) is 6.54 Å². The molecule has 22 heteroatoms.